The fourth-order valence-corrected chi connectivity index (χ4v) is 3.02. The van der Waals surface area contributed by atoms with E-state index >= 15 is 0 Å². The summed E-state index contributed by atoms with van der Waals surface area (Å²) >= 11 is 6.07. The van der Waals surface area contributed by atoms with Crippen molar-refractivity contribution in [3.05, 3.63) is 23.2 Å². The number of methoxy groups -OCH3 is 1. The molecule has 4 nitrogen and oxygen atoms in total. The van der Waals surface area contributed by atoms with E-state index in [0.717, 1.165) is 25.7 Å². The maximum Gasteiger partial charge on any atom is 0.231 e. The normalized spacial score (nSPS) is 17.6. The predicted octanol–water partition coefficient (Wildman–Crippen LogP) is 3.20. The first-order chi connectivity index (χ1) is 9.61. The van der Waals surface area contributed by atoms with Crippen LogP contribution in [0.25, 0.3) is 0 Å². The van der Waals surface area contributed by atoms with Gasteiger partial charge in [0.05, 0.1) is 17.5 Å². The fourth-order valence-electron chi connectivity index (χ4n) is 2.76. The topological polar surface area (TPSA) is 64.3 Å². The van der Waals surface area contributed by atoms with Crippen LogP contribution in [0.4, 0.5) is 5.69 Å². The quantitative estimate of drug-likeness (QED) is 0.897. The number of benzene rings is 1. The lowest BCUT2D eigenvalue weighted by Crippen LogP contribution is -2.43. The number of hydrogen-bond donors (Lipinski definition) is 2. The SMILES string of the molecule is COc1ccc(NC(=O)C2(CN)CCCCC2)cc1Cl. The third-order valence-corrected chi connectivity index (χ3v) is 4.39. The smallest absolute Gasteiger partial charge is 0.231 e. The highest BCUT2D eigenvalue weighted by Crippen LogP contribution is 2.37. The molecule has 0 heterocycles. The number of amides is 1. The Balaban J connectivity index is 2.12. The minimum absolute atomic E-state index is 0.000864. The van der Waals surface area contributed by atoms with Gasteiger partial charge in [-0.25, -0.2) is 0 Å². The summed E-state index contributed by atoms with van der Waals surface area (Å²) in [6.07, 6.45) is 5.03. The number of nitrogens with two attached hydrogens (primary N) is 1. The molecule has 0 unspecified atom stereocenters. The molecule has 1 aromatic carbocycles. The van der Waals surface area contributed by atoms with Crippen molar-refractivity contribution >= 4 is 23.2 Å². The highest BCUT2D eigenvalue weighted by Gasteiger charge is 2.38. The summed E-state index contributed by atoms with van der Waals surface area (Å²) in [5.41, 5.74) is 6.12. The first-order valence-corrected chi connectivity index (χ1v) is 7.34. The van der Waals surface area contributed by atoms with E-state index in [0.29, 0.717) is 23.0 Å². The average Bonchev–Trinajstić information content (AvgIpc) is 2.48. The van der Waals surface area contributed by atoms with Crippen LogP contribution >= 0.6 is 11.6 Å². The van der Waals surface area contributed by atoms with E-state index in [2.05, 4.69) is 5.32 Å². The molecule has 1 aromatic rings. The molecule has 1 fully saturated rings. The van der Waals surface area contributed by atoms with E-state index in [4.69, 9.17) is 22.1 Å². The number of hydrogen-bond acceptors (Lipinski definition) is 3. The molecule has 0 aliphatic heterocycles. The Morgan fingerprint density at radius 3 is 2.65 bits per heavy atom. The van der Waals surface area contributed by atoms with Crippen molar-refractivity contribution in [2.75, 3.05) is 19.0 Å². The lowest BCUT2D eigenvalue weighted by Gasteiger charge is -2.34. The summed E-state index contributed by atoms with van der Waals surface area (Å²) in [7, 11) is 1.56. The fraction of sp³-hybridized carbons (Fsp3) is 0.533. The van der Waals surface area contributed by atoms with Crippen molar-refractivity contribution in [3.8, 4) is 5.75 Å². The van der Waals surface area contributed by atoms with Crippen molar-refractivity contribution in [1.82, 2.24) is 0 Å². The zero-order valence-corrected chi connectivity index (χ0v) is 12.5. The van der Waals surface area contributed by atoms with E-state index in [-0.39, 0.29) is 5.91 Å². The number of rotatable bonds is 4. The number of halogens is 1. The molecule has 3 N–H and O–H groups in total. The second-order valence-corrected chi connectivity index (χ2v) is 5.76. The van der Waals surface area contributed by atoms with Gasteiger partial charge in [0.15, 0.2) is 0 Å². The van der Waals surface area contributed by atoms with Crippen LogP contribution in [-0.4, -0.2) is 19.6 Å². The summed E-state index contributed by atoms with van der Waals surface area (Å²) in [4.78, 5) is 12.5. The van der Waals surface area contributed by atoms with Crippen LogP contribution in [0, 0.1) is 5.41 Å². The summed E-state index contributed by atoms with van der Waals surface area (Å²) in [6, 6.07) is 5.23. The maximum absolute atomic E-state index is 12.5. The van der Waals surface area contributed by atoms with E-state index < -0.39 is 5.41 Å². The molecule has 0 radical (unpaired) electrons. The third kappa shape index (κ3) is 3.07. The molecule has 110 valence electrons. The van der Waals surface area contributed by atoms with Crippen LogP contribution in [0.3, 0.4) is 0 Å². The molecule has 1 saturated carbocycles. The molecule has 0 atom stereocenters. The van der Waals surface area contributed by atoms with E-state index in [1.165, 1.54) is 6.42 Å². The zero-order valence-electron chi connectivity index (χ0n) is 11.7. The van der Waals surface area contributed by atoms with Gasteiger partial charge in [0.1, 0.15) is 5.75 Å². The van der Waals surface area contributed by atoms with Crippen LogP contribution in [0.5, 0.6) is 5.75 Å². The minimum atomic E-state index is -0.426. The van der Waals surface area contributed by atoms with E-state index in [1.807, 2.05) is 0 Å². The van der Waals surface area contributed by atoms with Gasteiger partial charge < -0.3 is 15.8 Å². The largest absolute Gasteiger partial charge is 0.495 e. The molecular weight excluding hydrogens is 276 g/mol. The molecule has 1 amide bonds. The Morgan fingerprint density at radius 1 is 1.40 bits per heavy atom. The number of anilines is 1. The molecule has 5 heteroatoms. The molecule has 0 bridgehead atoms. The lowest BCUT2D eigenvalue weighted by atomic mass is 9.73. The summed E-state index contributed by atoms with van der Waals surface area (Å²) < 4.78 is 5.10. The number of carbonyl (C=O) groups excluding carboxylic acids is 1. The molecule has 0 saturated heterocycles. The zero-order chi connectivity index (χ0) is 14.6. The monoisotopic (exact) mass is 296 g/mol. The lowest BCUT2D eigenvalue weighted by molar-refractivity contribution is -0.126. The minimum Gasteiger partial charge on any atom is -0.495 e. The Hall–Kier alpha value is -1.26. The third-order valence-electron chi connectivity index (χ3n) is 4.09. The molecule has 2 rings (SSSR count). The van der Waals surface area contributed by atoms with Gasteiger partial charge in [-0.15, -0.1) is 0 Å². The van der Waals surface area contributed by atoms with Crippen molar-refractivity contribution in [3.63, 3.8) is 0 Å². The van der Waals surface area contributed by atoms with Gasteiger partial charge in [-0.1, -0.05) is 30.9 Å². The van der Waals surface area contributed by atoms with Crippen LogP contribution < -0.4 is 15.8 Å². The molecule has 0 aromatic heterocycles. The van der Waals surface area contributed by atoms with Crippen LogP contribution in [0.15, 0.2) is 18.2 Å². The second kappa shape index (κ2) is 6.46. The molecule has 0 spiro atoms. The van der Waals surface area contributed by atoms with Crippen molar-refractivity contribution < 1.29 is 9.53 Å². The Labute approximate surface area is 124 Å². The van der Waals surface area contributed by atoms with Crippen molar-refractivity contribution in [2.45, 2.75) is 32.1 Å². The van der Waals surface area contributed by atoms with Crippen LogP contribution in [-0.2, 0) is 4.79 Å². The van der Waals surface area contributed by atoms with Crippen LogP contribution in [0.1, 0.15) is 32.1 Å². The van der Waals surface area contributed by atoms with Gasteiger partial charge in [0, 0.05) is 12.2 Å². The van der Waals surface area contributed by atoms with E-state index in [9.17, 15) is 4.79 Å². The predicted molar refractivity (Wildman–Crippen MR) is 81.2 cm³/mol. The van der Waals surface area contributed by atoms with E-state index in [1.54, 1.807) is 25.3 Å². The highest BCUT2D eigenvalue weighted by atomic mass is 35.5. The average molecular weight is 297 g/mol. The molecule has 1 aliphatic carbocycles. The van der Waals surface area contributed by atoms with Gasteiger partial charge >= 0.3 is 0 Å². The number of nitrogens with one attached hydrogen (secondary N) is 1. The molecule has 20 heavy (non-hydrogen) atoms. The summed E-state index contributed by atoms with van der Waals surface area (Å²) in [5.74, 6) is 0.594. The summed E-state index contributed by atoms with van der Waals surface area (Å²) in [6.45, 7) is 0.392. The Kier molecular flexibility index (Phi) is 4.89. The van der Waals surface area contributed by atoms with Gasteiger partial charge in [-0.2, -0.15) is 0 Å². The first-order valence-electron chi connectivity index (χ1n) is 6.96. The van der Waals surface area contributed by atoms with Gasteiger partial charge in [0.25, 0.3) is 0 Å². The summed E-state index contributed by atoms with van der Waals surface area (Å²) in [5, 5.41) is 3.42. The Morgan fingerprint density at radius 2 is 2.10 bits per heavy atom. The first kappa shape index (κ1) is 15.1. The molecule has 1 aliphatic rings. The van der Waals surface area contributed by atoms with Crippen molar-refractivity contribution in [2.24, 2.45) is 11.1 Å². The second-order valence-electron chi connectivity index (χ2n) is 5.35. The maximum atomic E-state index is 12.5. The Bertz CT molecular complexity index is 485. The highest BCUT2D eigenvalue weighted by molar-refractivity contribution is 6.32. The van der Waals surface area contributed by atoms with Crippen LogP contribution in [0.2, 0.25) is 5.02 Å². The number of ether oxygens (including phenoxy) is 1. The standard InChI is InChI=1S/C15H21ClN2O2/c1-20-13-6-5-11(9-12(13)16)18-14(19)15(10-17)7-3-2-4-8-15/h5-6,9H,2-4,7-8,10,17H2,1H3,(H,18,19). The van der Waals surface area contributed by atoms with Gasteiger partial charge in [0.2, 0.25) is 5.91 Å². The number of carbonyl (C=O) groups is 1. The van der Waals surface area contributed by atoms with Crippen molar-refractivity contribution in [1.29, 1.82) is 0 Å². The van der Waals surface area contributed by atoms with Gasteiger partial charge in [-0.05, 0) is 31.0 Å². The van der Waals surface area contributed by atoms with Gasteiger partial charge in [-0.3, -0.25) is 4.79 Å². The molecular formula is C15H21ClN2O2.